The Hall–Kier alpha value is -3.27. The summed E-state index contributed by atoms with van der Waals surface area (Å²) in [6, 6.07) is 0.0821. The predicted octanol–water partition coefficient (Wildman–Crippen LogP) is 0.883. The second-order valence-corrected chi connectivity index (χ2v) is 10.3. The maximum Gasteiger partial charge on any atom is 0.309 e. The molecule has 2 unspecified atom stereocenters. The summed E-state index contributed by atoms with van der Waals surface area (Å²) >= 11 is 0. The molecule has 2 heterocycles. The highest BCUT2D eigenvalue weighted by Crippen LogP contribution is 2.31. The highest BCUT2D eigenvalue weighted by molar-refractivity contribution is 5.82. The fraction of sp³-hybridized carbons (Fsp3) is 0.654. The molecule has 2 atom stereocenters. The number of nitrogens with two attached hydrogens (primary N) is 1. The number of rotatable bonds is 10. The predicted molar refractivity (Wildman–Crippen MR) is 137 cm³/mol. The molecule has 0 aromatic carbocycles. The molecule has 2 aromatic rings. The first-order chi connectivity index (χ1) is 18.2. The van der Waals surface area contributed by atoms with Crippen LogP contribution in [-0.2, 0) is 25.8 Å². The minimum absolute atomic E-state index is 0.0347. The van der Waals surface area contributed by atoms with E-state index in [-0.39, 0.29) is 42.4 Å². The first-order valence-corrected chi connectivity index (χ1v) is 13.1. The SMILES string of the molecule is CC(C)OC(=O)C1CCC(CC#Cc2nc(N)c3ncn(COC(C(=O)NC4CC4)C(O)CO)c3n2)CC1. The van der Waals surface area contributed by atoms with Crippen molar-refractivity contribution < 1.29 is 29.3 Å². The van der Waals surface area contributed by atoms with Gasteiger partial charge in [0.15, 0.2) is 17.6 Å². The van der Waals surface area contributed by atoms with Crippen LogP contribution in [0.15, 0.2) is 6.33 Å². The standard InChI is InChI=1S/C26H36N6O6/c1-15(2)38-26(36)17-8-6-16(7-9-17)4-3-5-20-30-23(27)21-24(31-20)32(13-28-21)14-37-22(19(34)12-33)25(35)29-18-10-11-18/h13,15-19,22,33-34H,4,6-12,14H2,1-2H3,(H,29,35)(H2,27,30,31). The number of esters is 1. The zero-order valence-electron chi connectivity index (χ0n) is 21.8. The number of aliphatic hydroxyl groups excluding tert-OH is 2. The summed E-state index contributed by atoms with van der Waals surface area (Å²) in [5.74, 6) is 6.29. The number of carbonyl (C=O) groups is 2. The van der Waals surface area contributed by atoms with E-state index in [1.165, 1.54) is 10.9 Å². The summed E-state index contributed by atoms with van der Waals surface area (Å²) in [6.45, 7) is 2.95. The van der Waals surface area contributed by atoms with Crippen molar-refractivity contribution in [1.82, 2.24) is 24.8 Å². The van der Waals surface area contributed by atoms with Crippen LogP contribution >= 0.6 is 0 Å². The van der Waals surface area contributed by atoms with Crippen LogP contribution in [0.5, 0.6) is 0 Å². The fourth-order valence-corrected chi connectivity index (χ4v) is 4.45. The van der Waals surface area contributed by atoms with Gasteiger partial charge in [-0.1, -0.05) is 5.92 Å². The molecule has 2 aromatic heterocycles. The number of nitrogens with one attached hydrogen (secondary N) is 1. The lowest BCUT2D eigenvalue weighted by atomic mass is 9.80. The number of aliphatic hydroxyl groups is 2. The summed E-state index contributed by atoms with van der Waals surface area (Å²) in [7, 11) is 0. The Morgan fingerprint density at radius 2 is 1.95 bits per heavy atom. The quantitative estimate of drug-likeness (QED) is 0.256. The molecular weight excluding hydrogens is 492 g/mol. The lowest BCUT2D eigenvalue weighted by Crippen LogP contribution is -2.46. The van der Waals surface area contributed by atoms with E-state index in [4.69, 9.17) is 15.2 Å². The highest BCUT2D eigenvalue weighted by Gasteiger charge is 2.32. The molecule has 0 aliphatic heterocycles. The molecule has 0 bridgehead atoms. The topological polar surface area (TPSA) is 175 Å². The second-order valence-electron chi connectivity index (χ2n) is 10.3. The Labute approximate surface area is 221 Å². The number of hydrogen-bond acceptors (Lipinski definition) is 10. The van der Waals surface area contributed by atoms with Gasteiger partial charge in [-0.05, 0) is 64.2 Å². The maximum atomic E-state index is 12.4. The summed E-state index contributed by atoms with van der Waals surface area (Å²) < 4.78 is 12.5. The first kappa shape index (κ1) is 27.8. The van der Waals surface area contributed by atoms with Gasteiger partial charge in [0, 0.05) is 12.5 Å². The van der Waals surface area contributed by atoms with E-state index in [0.717, 1.165) is 38.5 Å². The van der Waals surface area contributed by atoms with Gasteiger partial charge in [-0.25, -0.2) is 15.0 Å². The zero-order valence-corrected chi connectivity index (χ0v) is 21.8. The minimum atomic E-state index is -1.37. The van der Waals surface area contributed by atoms with Crippen molar-refractivity contribution in [3.63, 3.8) is 0 Å². The largest absolute Gasteiger partial charge is 0.463 e. The van der Waals surface area contributed by atoms with Gasteiger partial charge in [0.25, 0.3) is 5.91 Å². The van der Waals surface area contributed by atoms with E-state index >= 15 is 0 Å². The lowest BCUT2D eigenvalue weighted by molar-refractivity contribution is -0.153. The Morgan fingerprint density at radius 1 is 1.21 bits per heavy atom. The molecule has 2 fully saturated rings. The molecular formula is C26H36N6O6. The van der Waals surface area contributed by atoms with E-state index in [0.29, 0.717) is 23.5 Å². The summed E-state index contributed by atoms with van der Waals surface area (Å²) in [5.41, 5.74) is 6.83. The van der Waals surface area contributed by atoms with Crippen molar-refractivity contribution >= 4 is 28.9 Å². The maximum absolute atomic E-state index is 12.4. The van der Waals surface area contributed by atoms with E-state index in [9.17, 15) is 19.8 Å². The van der Waals surface area contributed by atoms with Crippen LogP contribution in [0.2, 0.25) is 0 Å². The summed E-state index contributed by atoms with van der Waals surface area (Å²) in [4.78, 5) is 37.5. The molecule has 2 saturated carbocycles. The Kier molecular flexibility index (Phi) is 9.14. The van der Waals surface area contributed by atoms with E-state index in [1.54, 1.807) is 0 Å². The molecule has 38 heavy (non-hydrogen) atoms. The molecule has 0 saturated heterocycles. The number of nitrogens with zero attached hydrogens (tertiary/aromatic N) is 4. The molecule has 0 spiro atoms. The summed E-state index contributed by atoms with van der Waals surface area (Å²) in [5, 5.41) is 22.2. The number of aromatic nitrogens is 4. The van der Waals surface area contributed by atoms with E-state index in [2.05, 4.69) is 32.1 Å². The monoisotopic (exact) mass is 528 g/mol. The number of anilines is 1. The van der Waals surface area contributed by atoms with Crippen LogP contribution in [0, 0.1) is 23.7 Å². The van der Waals surface area contributed by atoms with Gasteiger partial charge in [0.05, 0.1) is 25.0 Å². The molecule has 4 rings (SSSR count). The van der Waals surface area contributed by atoms with Crippen LogP contribution in [0.25, 0.3) is 11.2 Å². The molecule has 0 radical (unpaired) electrons. The van der Waals surface area contributed by atoms with Gasteiger partial charge in [-0.3, -0.25) is 14.2 Å². The lowest BCUT2D eigenvalue weighted by Gasteiger charge is -2.26. The van der Waals surface area contributed by atoms with Crippen molar-refractivity contribution in [2.75, 3.05) is 12.3 Å². The molecule has 5 N–H and O–H groups in total. The average molecular weight is 529 g/mol. The van der Waals surface area contributed by atoms with Gasteiger partial charge in [0.1, 0.15) is 18.4 Å². The number of hydrogen-bond donors (Lipinski definition) is 4. The molecule has 206 valence electrons. The second kappa shape index (κ2) is 12.5. The molecule has 2 aliphatic rings. The number of fused-ring (bicyclic) bond motifs is 1. The smallest absolute Gasteiger partial charge is 0.309 e. The number of ether oxygens (including phenoxy) is 2. The third kappa shape index (κ3) is 7.18. The number of carbonyl (C=O) groups excluding carboxylic acids is 2. The van der Waals surface area contributed by atoms with Crippen LogP contribution in [0.1, 0.15) is 64.6 Å². The molecule has 2 aliphatic carbocycles. The van der Waals surface area contributed by atoms with Gasteiger partial charge in [-0.15, -0.1) is 0 Å². The van der Waals surface area contributed by atoms with Crippen molar-refractivity contribution in [3.8, 4) is 11.8 Å². The van der Waals surface area contributed by atoms with Gasteiger partial charge in [-0.2, -0.15) is 0 Å². The normalized spacial score (nSPS) is 21.0. The van der Waals surface area contributed by atoms with Crippen molar-refractivity contribution in [1.29, 1.82) is 0 Å². The van der Waals surface area contributed by atoms with Crippen LogP contribution in [0.4, 0.5) is 5.82 Å². The third-order valence-electron chi connectivity index (χ3n) is 6.73. The highest BCUT2D eigenvalue weighted by atomic mass is 16.5. The van der Waals surface area contributed by atoms with Gasteiger partial charge < -0.3 is 30.7 Å². The Morgan fingerprint density at radius 3 is 2.61 bits per heavy atom. The average Bonchev–Trinajstić information content (AvgIpc) is 3.60. The number of nitrogen functional groups attached to an aromatic ring is 1. The van der Waals surface area contributed by atoms with Crippen molar-refractivity contribution in [3.05, 3.63) is 12.2 Å². The number of imidazole rings is 1. The number of amides is 1. The fourth-order valence-electron chi connectivity index (χ4n) is 4.45. The molecule has 1 amide bonds. The van der Waals surface area contributed by atoms with Gasteiger partial charge >= 0.3 is 5.97 Å². The summed E-state index contributed by atoms with van der Waals surface area (Å²) in [6.07, 6.45) is 4.58. The zero-order chi connectivity index (χ0) is 27.2. The van der Waals surface area contributed by atoms with Crippen LogP contribution < -0.4 is 11.1 Å². The van der Waals surface area contributed by atoms with E-state index < -0.39 is 24.7 Å². The van der Waals surface area contributed by atoms with Crippen LogP contribution in [0.3, 0.4) is 0 Å². The van der Waals surface area contributed by atoms with Crippen molar-refractivity contribution in [2.24, 2.45) is 11.8 Å². The molecule has 12 heteroatoms. The van der Waals surface area contributed by atoms with Crippen molar-refractivity contribution in [2.45, 2.75) is 89.9 Å². The van der Waals surface area contributed by atoms with Gasteiger partial charge in [0.2, 0.25) is 5.82 Å². The minimum Gasteiger partial charge on any atom is -0.463 e. The molecule has 12 nitrogen and oxygen atoms in total. The Bertz CT molecular complexity index is 1190. The first-order valence-electron chi connectivity index (χ1n) is 13.1. The van der Waals surface area contributed by atoms with E-state index in [1.807, 2.05) is 13.8 Å². The van der Waals surface area contributed by atoms with Crippen LogP contribution in [-0.4, -0.2) is 72.6 Å². The Balaban J connectivity index is 1.37. The third-order valence-corrected chi connectivity index (χ3v) is 6.73.